The zero-order valence-electron chi connectivity index (χ0n) is 12.1. The fraction of sp³-hybridized carbons (Fsp3) is 0.375. The smallest absolute Gasteiger partial charge is 0.344 e. The van der Waals surface area contributed by atoms with Gasteiger partial charge in [-0.1, -0.05) is 19.1 Å². The van der Waals surface area contributed by atoms with E-state index in [4.69, 9.17) is 9.47 Å². The largest absolute Gasteiger partial charge is 0.482 e. The van der Waals surface area contributed by atoms with Crippen molar-refractivity contribution in [1.29, 1.82) is 0 Å². The molecule has 5 nitrogen and oxygen atoms in total. The van der Waals surface area contributed by atoms with Crippen LogP contribution in [0.1, 0.15) is 25.3 Å². The van der Waals surface area contributed by atoms with Gasteiger partial charge >= 0.3 is 5.97 Å². The van der Waals surface area contributed by atoms with E-state index in [0.717, 1.165) is 17.7 Å². The van der Waals surface area contributed by atoms with Gasteiger partial charge in [0.05, 0.1) is 0 Å². The van der Waals surface area contributed by atoms with Gasteiger partial charge in [-0.05, 0) is 36.6 Å². The molecule has 0 radical (unpaired) electrons. The average molecular weight is 289 g/mol. The number of rotatable bonds is 6. The van der Waals surface area contributed by atoms with Crippen molar-refractivity contribution in [3.05, 3.63) is 35.9 Å². The Hall–Kier alpha value is -2.30. The molecule has 1 aromatic carbocycles. The van der Waals surface area contributed by atoms with Gasteiger partial charge in [0.2, 0.25) is 5.91 Å². The number of nitrogens with one attached hydrogen (secondary N) is 1. The van der Waals surface area contributed by atoms with Crippen LogP contribution in [-0.2, 0) is 20.7 Å². The maximum atomic E-state index is 11.5. The molecule has 1 aliphatic rings. The quantitative estimate of drug-likeness (QED) is 0.645. The van der Waals surface area contributed by atoms with Gasteiger partial charge in [-0.15, -0.1) is 0 Å². The number of hydrogen-bond acceptors (Lipinski definition) is 4. The van der Waals surface area contributed by atoms with Gasteiger partial charge in [0, 0.05) is 12.1 Å². The van der Waals surface area contributed by atoms with E-state index in [2.05, 4.69) is 5.32 Å². The molecular weight excluding hydrogens is 270 g/mol. The van der Waals surface area contributed by atoms with Crippen molar-refractivity contribution in [1.82, 2.24) is 0 Å². The lowest BCUT2D eigenvalue weighted by Crippen LogP contribution is -2.19. The standard InChI is InChI=1S/C16H19NO4/c1-2-3-4-9-20-16(19)11-21-13-6-7-14-12(10-13)5-8-15(18)17-14/h3-4,6-7,10H,2,5,8-9,11H2,1H3,(H,17,18)/b4-3-. The highest BCUT2D eigenvalue weighted by molar-refractivity contribution is 5.94. The van der Waals surface area contributed by atoms with Crippen LogP contribution in [0.3, 0.4) is 0 Å². The SMILES string of the molecule is CC/C=C\COC(=O)COc1ccc2c(c1)CCC(=O)N2. The summed E-state index contributed by atoms with van der Waals surface area (Å²) in [7, 11) is 0. The minimum Gasteiger partial charge on any atom is -0.482 e. The summed E-state index contributed by atoms with van der Waals surface area (Å²) >= 11 is 0. The normalized spacial score (nSPS) is 13.7. The third-order valence-electron chi connectivity index (χ3n) is 3.07. The number of anilines is 1. The lowest BCUT2D eigenvalue weighted by Gasteiger charge is -2.17. The Balaban J connectivity index is 1.82. The lowest BCUT2D eigenvalue weighted by molar-refractivity contribution is -0.144. The Morgan fingerprint density at radius 3 is 3.00 bits per heavy atom. The molecule has 0 aliphatic carbocycles. The Bertz CT molecular complexity index is 551. The van der Waals surface area contributed by atoms with Gasteiger partial charge in [0.1, 0.15) is 12.4 Å². The molecule has 0 fully saturated rings. The molecule has 0 atom stereocenters. The first-order valence-corrected chi connectivity index (χ1v) is 7.05. The van der Waals surface area contributed by atoms with Crippen molar-refractivity contribution < 1.29 is 19.1 Å². The predicted octanol–water partition coefficient (Wildman–Crippen LogP) is 2.46. The third-order valence-corrected chi connectivity index (χ3v) is 3.07. The number of hydrogen-bond donors (Lipinski definition) is 1. The van der Waals surface area contributed by atoms with Crippen LogP contribution in [0.2, 0.25) is 0 Å². The molecule has 0 bridgehead atoms. The number of carbonyl (C=O) groups is 2. The number of aryl methyl sites for hydroxylation is 1. The number of esters is 1. The van der Waals surface area contributed by atoms with Gasteiger partial charge in [-0.3, -0.25) is 4.79 Å². The summed E-state index contributed by atoms with van der Waals surface area (Å²) in [4.78, 5) is 22.7. The second-order valence-corrected chi connectivity index (χ2v) is 4.72. The first-order chi connectivity index (χ1) is 10.2. The van der Waals surface area contributed by atoms with Crippen LogP contribution in [-0.4, -0.2) is 25.1 Å². The highest BCUT2D eigenvalue weighted by Gasteiger charge is 2.15. The predicted molar refractivity (Wildman–Crippen MR) is 79.3 cm³/mol. The minimum atomic E-state index is -0.401. The summed E-state index contributed by atoms with van der Waals surface area (Å²) in [5.74, 6) is 0.229. The van der Waals surface area contributed by atoms with Crippen molar-refractivity contribution >= 4 is 17.6 Å². The molecule has 0 saturated heterocycles. The highest BCUT2D eigenvalue weighted by atomic mass is 16.6. The summed E-state index contributed by atoms with van der Waals surface area (Å²) < 4.78 is 10.4. The first-order valence-electron chi connectivity index (χ1n) is 7.05. The Morgan fingerprint density at radius 2 is 2.19 bits per heavy atom. The van der Waals surface area contributed by atoms with Crippen LogP contribution >= 0.6 is 0 Å². The number of allylic oxidation sites excluding steroid dienone is 1. The minimum absolute atomic E-state index is 0.0277. The van der Waals surface area contributed by atoms with E-state index < -0.39 is 5.97 Å². The van der Waals surface area contributed by atoms with E-state index in [1.165, 1.54) is 0 Å². The molecule has 0 saturated carbocycles. The zero-order valence-corrected chi connectivity index (χ0v) is 12.1. The Morgan fingerprint density at radius 1 is 1.33 bits per heavy atom. The summed E-state index contributed by atoms with van der Waals surface area (Å²) in [5, 5.41) is 2.80. The molecule has 21 heavy (non-hydrogen) atoms. The Kier molecular flexibility index (Phi) is 5.37. The topological polar surface area (TPSA) is 64.6 Å². The molecule has 0 spiro atoms. The van der Waals surface area contributed by atoms with Crippen LogP contribution in [0.15, 0.2) is 30.4 Å². The maximum Gasteiger partial charge on any atom is 0.344 e. The number of fused-ring (bicyclic) bond motifs is 1. The number of benzene rings is 1. The molecule has 1 amide bonds. The van der Waals surface area contributed by atoms with Gasteiger partial charge in [0.25, 0.3) is 0 Å². The fourth-order valence-electron chi connectivity index (χ4n) is 2.01. The van der Waals surface area contributed by atoms with E-state index >= 15 is 0 Å². The molecule has 2 rings (SSSR count). The van der Waals surface area contributed by atoms with Gasteiger partial charge in [-0.25, -0.2) is 4.79 Å². The van der Waals surface area contributed by atoms with Crippen LogP contribution in [0, 0.1) is 0 Å². The molecule has 1 aliphatic heterocycles. The summed E-state index contributed by atoms with van der Waals surface area (Å²) in [6.07, 6.45) is 5.82. The van der Waals surface area contributed by atoms with Crippen LogP contribution in [0.5, 0.6) is 5.75 Å². The van der Waals surface area contributed by atoms with Crippen molar-refractivity contribution in [2.45, 2.75) is 26.2 Å². The van der Waals surface area contributed by atoms with Gasteiger partial charge in [0.15, 0.2) is 6.61 Å². The van der Waals surface area contributed by atoms with E-state index in [9.17, 15) is 9.59 Å². The highest BCUT2D eigenvalue weighted by Crippen LogP contribution is 2.26. The van der Waals surface area contributed by atoms with Crippen LogP contribution in [0.25, 0.3) is 0 Å². The summed E-state index contributed by atoms with van der Waals surface area (Å²) in [6, 6.07) is 5.37. The number of amides is 1. The van der Waals surface area contributed by atoms with Crippen molar-refractivity contribution in [2.24, 2.45) is 0 Å². The van der Waals surface area contributed by atoms with Crippen molar-refractivity contribution in [2.75, 3.05) is 18.5 Å². The average Bonchev–Trinajstić information content (AvgIpc) is 2.49. The van der Waals surface area contributed by atoms with Crippen LogP contribution < -0.4 is 10.1 Å². The molecular formula is C16H19NO4. The molecule has 5 heteroatoms. The lowest BCUT2D eigenvalue weighted by atomic mass is 10.0. The number of ether oxygens (including phenoxy) is 2. The van der Waals surface area contributed by atoms with Gasteiger partial charge < -0.3 is 14.8 Å². The monoisotopic (exact) mass is 289 g/mol. The number of carbonyl (C=O) groups excluding carboxylic acids is 2. The van der Waals surface area contributed by atoms with Crippen molar-refractivity contribution in [3.8, 4) is 5.75 Å². The Labute approximate surface area is 123 Å². The molecule has 1 heterocycles. The fourth-order valence-corrected chi connectivity index (χ4v) is 2.01. The first kappa shape index (κ1) is 15.1. The molecule has 1 N–H and O–H groups in total. The zero-order chi connectivity index (χ0) is 15.1. The third kappa shape index (κ3) is 4.63. The van der Waals surface area contributed by atoms with E-state index in [1.54, 1.807) is 18.2 Å². The van der Waals surface area contributed by atoms with E-state index in [0.29, 0.717) is 18.6 Å². The van der Waals surface area contributed by atoms with E-state index in [-0.39, 0.29) is 19.1 Å². The summed E-state index contributed by atoms with van der Waals surface area (Å²) in [5.41, 5.74) is 1.83. The summed E-state index contributed by atoms with van der Waals surface area (Å²) in [6.45, 7) is 2.16. The van der Waals surface area contributed by atoms with E-state index in [1.807, 2.05) is 19.1 Å². The second-order valence-electron chi connectivity index (χ2n) is 4.72. The molecule has 0 unspecified atom stereocenters. The second kappa shape index (κ2) is 7.47. The van der Waals surface area contributed by atoms with Gasteiger partial charge in [-0.2, -0.15) is 0 Å². The molecule has 1 aromatic rings. The molecule has 0 aromatic heterocycles. The van der Waals surface area contributed by atoms with Crippen molar-refractivity contribution in [3.63, 3.8) is 0 Å². The maximum absolute atomic E-state index is 11.5. The van der Waals surface area contributed by atoms with Crippen LogP contribution in [0.4, 0.5) is 5.69 Å². The molecule has 112 valence electrons.